The first kappa shape index (κ1) is 28.3. The fourth-order valence-electron chi connectivity index (χ4n) is 4.35. The van der Waals surface area contributed by atoms with Crippen LogP contribution in [0.25, 0.3) is 6.08 Å². The molecule has 0 N–H and O–H groups in total. The van der Waals surface area contributed by atoms with E-state index in [4.69, 9.17) is 18.6 Å². The Hall–Kier alpha value is -5.22. The predicted octanol–water partition coefficient (Wildman–Crippen LogP) is 4.34. The second-order valence-corrected chi connectivity index (χ2v) is 10.1. The third-order valence-electron chi connectivity index (χ3n) is 6.25. The van der Waals surface area contributed by atoms with Gasteiger partial charge in [-0.3, -0.25) is 9.36 Å². The fourth-order valence-corrected chi connectivity index (χ4v) is 5.39. The first-order valence-corrected chi connectivity index (χ1v) is 13.7. The summed E-state index contributed by atoms with van der Waals surface area (Å²) in [6.07, 6.45) is 6.28. The number of aromatic nitrogens is 1. The first-order valence-electron chi connectivity index (χ1n) is 12.9. The lowest BCUT2D eigenvalue weighted by atomic mass is 9.96. The molecule has 0 saturated heterocycles. The monoisotopic (exact) mass is 582 g/mol. The van der Waals surface area contributed by atoms with Crippen LogP contribution in [0.4, 0.5) is 0 Å². The van der Waals surface area contributed by atoms with Crippen molar-refractivity contribution >= 4 is 29.4 Å². The van der Waals surface area contributed by atoms with E-state index in [2.05, 4.69) is 18.2 Å². The summed E-state index contributed by atoms with van der Waals surface area (Å²) in [6, 6.07) is 16.1. The number of carbonyl (C=O) groups excluding carboxylic acids is 2. The molecule has 5 rings (SSSR count). The van der Waals surface area contributed by atoms with Crippen molar-refractivity contribution in [2.75, 3.05) is 13.2 Å². The lowest BCUT2D eigenvalue weighted by molar-refractivity contribution is -0.138. The molecular formula is C32H26N2O7S. The zero-order valence-corrected chi connectivity index (χ0v) is 23.5. The quantitative estimate of drug-likeness (QED) is 0.155. The van der Waals surface area contributed by atoms with E-state index in [0.717, 1.165) is 5.56 Å². The van der Waals surface area contributed by atoms with Gasteiger partial charge in [-0.25, -0.2) is 14.6 Å². The molecule has 0 aliphatic carbocycles. The van der Waals surface area contributed by atoms with Gasteiger partial charge in [0.25, 0.3) is 5.56 Å². The van der Waals surface area contributed by atoms with E-state index in [1.54, 1.807) is 49.4 Å². The zero-order valence-electron chi connectivity index (χ0n) is 22.6. The Morgan fingerprint density at radius 2 is 1.71 bits per heavy atom. The van der Waals surface area contributed by atoms with Crippen LogP contribution in [0, 0.1) is 0 Å². The van der Waals surface area contributed by atoms with E-state index in [1.165, 1.54) is 34.3 Å². The second kappa shape index (κ2) is 12.5. The average molecular weight is 583 g/mol. The number of carbonyl (C=O) groups is 2. The molecule has 42 heavy (non-hydrogen) atoms. The van der Waals surface area contributed by atoms with Gasteiger partial charge in [0.15, 0.2) is 4.80 Å². The Labute approximate surface area is 244 Å². The normalized spacial score (nSPS) is 14.5. The molecule has 9 nitrogen and oxygen atoms in total. The van der Waals surface area contributed by atoms with Gasteiger partial charge in [-0.05, 0) is 60.5 Å². The lowest BCUT2D eigenvalue weighted by Gasteiger charge is -2.24. The third kappa shape index (κ3) is 5.93. The highest BCUT2D eigenvalue weighted by Crippen LogP contribution is 2.32. The molecule has 212 valence electrons. The maximum atomic E-state index is 13.8. The maximum absolute atomic E-state index is 13.8. The van der Waals surface area contributed by atoms with Crippen LogP contribution >= 0.6 is 11.3 Å². The molecule has 0 fully saturated rings. The van der Waals surface area contributed by atoms with Gasteiger partial charge in [0.05, 0.1) is 28.1 Å². The molecule has 0 radical (unpaired) electrons. The van der Waals surface area contributed by atoms with Crippen LogP contribution in [0.1, 0.15) is 34.6 Å². The molecule has 0 spiro atoms. The van der Waals surface area contributed by atoms with Crippen LogP contribution in [-0.2, 0) is 9.53 Å². The SMILES string of the molecule is C=CCOC(=O)C1=C(C)N=c2s/c(=C/c3ccc(OCC=C)cc3)c(=O)n2C1c1ccc(OC(=O)c2ccco2)cc1. The number of hydrogen-bond donors (Lipinski definition) is 0. The molecule has 4 aromatic rings. The molecule has 0 bridgehead atoms. The Kier molecular flexibility index (Phi) is 8.44. The molecule has 1 unspecified atom stereocenters. The zero-order chi connectivity index (χ0) is 29.6. The molecular weight excluding hydrogens is 556 g/mol. The van der Waals surface area contributed by atoms with Crippen LogP contribution < -0.4 is 24.4 Å². The van der Waals surface area contributed by atoms with Gasteiger partial charge in [-0.15, -0.1) is 0 Å². The van der Waals surface area contributed by atoms with E-state index >= 15 is 0 Å². The Morgan fingerprint density at radius 3 is 2.38 bits per heavy atom. The Balaban J connectivity index is 1.54. The van der Waals surface area contributed by atoms with Gasteiger partial charge in [-0.1, -0.05) is 60.9 Å². The Bertz CT molecular complexity index is 1850. The van der Waals surface area contributed by atoms with Crippen LogP contribution in [0.3, 0.4) is 0 Å². The number of benzene rings is 2. The lowest BCUT2D eigenvalue weighted by Crippen LogP contribution is -2.39. The van der Waals surface area contributed by atoms with Gasteiger partial charge in [-0.2, -0.15) is 0 Å². The number of nitrogens with zero attached hydrogens (tertiary/aromatic N) is 2. The van der Waals surface area contributed by atoms with Crippen LogP contribution in [-0.4, -0.2) is 29.7 Å². The second-order valence-electron chi connectivity index (χ2n) is 9.07. The van der Waals surface area contributed by atoms with Crippen LogP contribution in [0.2, 0.25) is 0 Å². The largest absolute Gasteiger partial charge is 0.490 e. The standard InChI is InChI=1S/C32H26N2O7S/c1-4-16-38-23-12-8-21(9-13-23)19-26-29(35)34-28(27(31(37)40-17-5-2)20(3)33-32(34)42-26)22-10-14-24(15-11-22)41-30(36)25-7-6-18-39-25/h4-15,18-19,28H,1-2,16-17H2,3H3/b26-19+. The number of esters is 2. The fraction of sp³-hybridized carbons (Fsp3) is 0.125. The van der Waals surface area contributed by atoms with E-state index in [9.17, 15) is 14.4 Å². The van der Waals surface area contributed by atoms with Gasteiger partial charge in [0, 0.05) is 0 Å². The number of rotatable bonds is 10. The number of furan rings is 1. The third-order valence-corrected chi connectivity index (χ3v) is 7.23. The number of allylic oxidation sites excluding steroid dienone is 1. The van der Waals surface area contributed by atoms with E-state index in [1.807, 2.05) is 24.3 Å². The predicted molar refractivity (Wildman–Crippen MR) is 157 cm³/mol. The van der Waals surface area contributed by atoms with Crippen LogP contribution in [0.15, 0.2) is 118 Å². The smallest absolute Gasteiger partial charge is 0.379 e. The molecule has 3 heterocycles. The summed E-state index contributed by atoms with van der Waals surface area (Å²) in [6.45, 7) is 9.34. The molecule has 1 aliphatic rings. The van der Waals surface area contributed by atoms with Crippen molar-refractivity contribution in [1.29, 1.82) is 0 Å². The van der Waals surface area contributed by atoms with Gasteiger partial charge in [0.2, 0.25) is 5.76 Å². The summed E-state index contributed by atoms with van der Waals surface area (Å²) in [5.41, 5.74) is 1.74. The van der Waals surface area contributed by atoms with Crippen molar-refractivity contribution in [3.63, 3.8) is 0 Å². The van der Waals surface area contributed by atoms with Crippen molar-refractivity contribution in [2.24, 2.45) is 4.99 Å². The van der Waals surface area contributed by atoms with E-state index < -0.39 is 18.0 Å². The summed E-state index contributed by atoms with van der Waals surface area (Å²) >= 11 is 1.22. The molecule has 10 heteroatoms. The minimum Gasteiger partial charge on any atom is -0.490 e. The molecule has 2 aromatic carbocycles. The summed E-state index contributed by atoms with van der Waals surface area (Å²) in [5.74, 6) is -0.241. The van der Waals surface area contributed by atoms with Crippen molar-refractivity contribution in [2.45, 2.75) is 13.0 Å². The minimum atomic E-state index is -0.829. The van der Waals surface area contributed by atoms with Crippen molar-refractivity contribution in [3.05, 3.63) is 140 Å². The topological polar surface area (TPSA) is 109 Å². The summed E-state index contributed by atoms with van der Waals surface area (Å²) in [5, 5.41) is 0. The summed E-state index contributed by atoms with van der Waals surface area (Å²) in [4.78, 5) is 44.4. The highest BCUT2D eigenvalue weighted by Gasteiger charge is 2.33. The van der Waals surface area contributed by atoms with Gasteiger partial charge in [0.1, 0.15) is 24.7 Å². The van der Waals surface area contributed by atoms with Crippen LogP contribution in [0.5, 0.6) is 11.5 Å². The molecule has 0 saturated carbocycles. The number of fused-ring (bicyclic) bond motifs is 1. The van der Waals surface area contributed by atoms with E-state index in [0.29, 0.717) is 33.0 Å². The Morgan fingerprint density at radius 1 is 1.00 bits per heavy atom. The van der Waals surface area contributed by atoms with Crippen molar-refractivity contribution in [3.8, 4) is 11.5 Å². The molecule has 0 amide bonds. The maximum Gasteiger partial charge on any atom is 0.379 e. The highest BCUT2D eigenvalue weighted by atomic mass is 32.1. The average Bonchev–Trinajstić information content (AvgIpc) is 3.64. The number of thiazole rings is 1. The number of hydrogen-bond acceptors (Lipinski definition) is 9. The highest BCUT2D eigenvalue weighted by molar-refractivity contribution is 7.07. The summed E-state index contributed by atoms with van der Waals surface area (Å²) in [7, 11) is 0. The molecule has 2 aromatic heterocycles. The molecule has 1 aliphatic heterocycles. The number of ether oxygens (including phenoxy) is 3. The van der Waals surface area contributed by atoms with E-state index in [-0.39, 0.29) is 29.2 Å². The van der Waals surface area contributed by atoms with Crippen molar-refractivity contribution in [1.82, 2.24) is 4.57 Å². The van der Waals surface area contributed by atoms with Gasteiger partial charge < -0.3 is 18.6 Å². The summed E-state index contributed by atoms with van der Waals surface area (Å²) < 4.78 is 23.3. The van der Waals surface area contributed by atoms with Gasteiger partial charge >= 0.3 is 11.9 Å². The molecule has 1 atom stereocenters. The minimum absolute atomic E-state index is 0.000924. The first-order chi connectivity index (χ1) is 20.4. The van der Waals surface area contributed by atoms with Crippen molar-refractivity contribution < 1.29 is 28.2 Å².